The topological polar surface area (TPSA) is 49.8 Å². The normalized spacial score (nSPS) is 31.6. The number of rotatable bonds is 1. The van der Waals surface area contributed by atoms with Crippen LogP contribution in [0.15, 0.2) is 0 Å². The predicted molar refractivity (Wildman–Crippen MR) is 43.2 cm³/mol. The smallest absolute Gasteiger partial charge is 0.322 e. The first-order valence-electron chi connectivity index (χ1n) is 4.23. The molecule has 0 aliphatic carbocycles. The van der Waals surface area contributed by atoms with Crippen LogP contribution < -0.4 is 0 Å². The molecule has 0 spiro atoms. The Balaban J connectivity index is 2.43. The van der Waals surface area contributed by atoms with Crippen molar-refractivity contribution in [3.05, 3.63) is 0 Å². The first-order chi connectivity index (χ1) is 5.59. The molecule has 0 saturated carbocycles. The van der Waals surface area contributed by atoms with Crippen molar-refractivity contribution in [1.82, 2.24) is 5.06 Å². The molecule has 70 valence electrons. The average molecular weight is 173 g/mol. The van der Waals surface area contributed by atoms with Crippen molar-refractivity contribution in [2.75, 3.05) is 6.54 Å². The molecule has 0 aromatic heterocycles. The standard InChI is InChI=1S/C8H15NO3/c1-6-3-4-8(11)5-9(6)12-7(2)10/h6,8,11H,3-5H2,1-2H3. The molecule has 2 unspecified atom stereocenters. The monoisotopic (exact) mass is 173 g/mol. The SMILES string of the molecule is CC(=O)ON1CC(O)CCC1C. The Morgan fingerprint density at radius 3 is 2.83 bits per heavy atom. The zero-order valence-electron chi connectivity index (χ0n) is 7.49. The Bertz CT molecular complexity index is 172. The van der Waals surface area contributed by atoms with Crippen LogP contribution in [0.5, 0.6) is 0 Å². The van der Waals surface area contributed by atoms with E-state index in [-0.39, 0.29) is 18.1 Å². The fraction of sp³-hybridized carbons (Fsp3) is 0.875. The van der Waals surface area contributed by atoms with E-state index in [0.29, 0.717) is 6.54 Å². The number of piperidine rings is 1. The Kier molecular flexibility index (Phi) is 3.05. The van der Waals surface area contributed by atoms with E-state index in [1.807, 2.05) is 6.92 Å². The van der Waals surface area contributed by atoms with E-state index in [2.05, 4.69) is 0 Å². The molecule has 0 radical (unpaired) electrons. The largest absolute Gasteiger partial charge is 0.392 e. The number of aliphatic hydroxyl groups excluding tert-OH is 1. The van der Waals surface area contributed by atoms with Gasteiger partial charge in [0.05, 0.1) is 12.6 Å². The van der Waals surface area contributed by atoms with E-state index in [1.165, 1.54) is 6.92 Å². The Hall–Kier alpha value is -0.610. The van der Waals surface area contributed by atoms with E-state index in [0.717, 1.165) is 12.8 Å². The molecule has 1 N–H and O–H groups in total. The molecule has 0 aromatic carbocycles. The van der Waals surface area contributed by atoms with Crippen molar-refractivity contribution in [3.63, 3.8) is 0 Å². The molecule has 1 aliphatic heterocycles. The maximum absolute atomic E-state index is 10.6. The molecule has 0 aromatic rings. The zero-order chi connectivity index (χ0) is 9.14. The second-order valence-electron chi connectivity index (χ2n) is 3.26. The maximum atomic E-state index is 10.6. The van der Waals surface area contributed by atoms with Crippen molar-refractivity contribution in [3.8, 4) is 0 Å². The van der Waals surface area contributed by atoms with Crippen molar-refractivity contribution in [2.45, 2.75) is 38.8 Å². The van der Waals surface area contributed by atoms with Gasteiger partial charge >= 0.3 is 5.97 Å². The van der Waals surface area contributed by atoms with E-state index in [1.54, 1.807) is 5.06 Å². The third-order valence-corrected chi connectivity index (χ3v) is 2.05. The van der Waals surface area contributed by atoms with Gasteiger partial charge in [0.15, 0.2) is 0 Å². The van der Waals surface area contributed by atoms with Crippen LogP contribution in [-0.4, -0.2) is 34.8 Å². The third-order valence-electron chi connectivity index (χ3n) is 2.05. The lowest BCUT2D eigenvalue weighted by molar-refractivity contribution is -0.212. The minimum absolute atomic E-state index is 0.220. The summed E-state index contributed by atoms with van der Waals surface area (Å²) in [4.78, 5) is 15.5. The van der Waals surface area contributed by atoms with Gasteiger partial charge in [-0.1, -0.05) is 0 Å². The van der Waals surface area contributed by atoms with Gasteiger partial charge in [-0.2, -0.15) is 0 Å². The summed E-state index contributed by atoms with van der Waals surface area (Å²) in [5, 5.41) is 10.8. The predicted octanol–water partition coefficient (Wildman–Crippen LogP) is 0.310. The van der Waals surface area contributed by atoms with Gasteiger partial charge in [-0.25, -0.2) is 0 Å². The summed E-state index contributed by atoms with van der Waals surface area (Å²) in [5.41, 5.74) is 0. The summed E-state index contributed by atoms with van der Waals surface area (Å²) in [7, 11) is 0. The number of hydrogen-bond acceptors (Lipinski definition) is 4. The number of carbonyl (C=O) groups is 1. The molecular weight excluding hydrogens is 158 g/mol. The van der Waals surface area contributed by atoms with Crippen LogP contribution >= 0.6 is 0 Å². The molecule has 1 rings (SSSR count). The van der Waals surface area contributed by atoms with Gasteiger partial charge in [0, 0.05) is 13.0 Å². The number of nitrogens with zero attached hydrogens (tertiary/aromatic N) is 1. The van der Waals surface area contributed by atoms with Crippen LogP contribution in [0, 0.1) is 0 Å². The van der Waals surface area contributed by atoms with E-state index >= 15 is 0 Å². The summed E-state index contributed by atoms with van der Waals surface area (Å²) in [6.45, 7) is 3.78. The van der Waals surface area contributed by atoms with Gasteiger partial charge in [0.25, 0.3) is 0 Å². The summed E-state index contributed by atoms with van der Waals surface area (Å²) in [6, 6.07) is 0.220. The highest BCUT2D eigenvalue weighted by Gasteiger charge is 2.26. The molecule has 12 heavy (non-hydrogen) atoms. The molecule has 1 heterocycles. The van der Waals surface area contributed by atoms with Crippen molar-refractivity contribution < 1.29 is 14.7 Å². The van der Waals surface area contributed by atoms with E-state index in [4.69, 9.17) is 4.84 Å². The molecule has 4 nitrogen and oxygen atoms in total. The second kappa shape index (κ2) is 3.87. The van der Waals surface area contributed by atoms with Gasteiger partial charge in [0.1, 0.15) is 0 Å². The highest BCUT2D eigenvalue weighted by Crippen LogP contribution is 2.16. The quantitative estimate of drug-likeness (QED) is 0.620. The maximum Gasteiger partial charge on any atom is 0.322 e. The fourth-order valence-corrected chi connectivity index (χ4v) is 1.35. The summed E-state index contributed by atoms with van der Waals surface area (Å²) in [6.07, 6.45) is 1.30. The van der Waals surface area contributed by atoms with Crippen molar-refractivity contribution in [2.24, 2.45) is 0 Å². The van der Waals surface area contributed by atoms with Gasteiger partial charge in [-0.3, -0.25) is 4.79 Å². The van der Waals surface area contributed by atoms with Crippen molar-refractivity contribution >= 4 is 5.97 Å². The van der Waals surface area contributed by atoms with E-state index in [9.17, 15) is 9.90 Å². The first kappa shape index (κ1) is 9.48. The van der Waals surface area contributed by atoms with E-state index < -0.39 is 0 Å². The molecule has 1 saturated heterocycles. The lowest BCUT2D eigenvalue weighted by atomic mass is 10.0. The lowest BCUT2D eigenvalue weighted by Gasteiger charge is -2.33. The highest BCUT2D eigenvalue weighted by molar-refractivity contribution is 5.65. The molecule has 2 atom stereocenters. The molecular formula is C8H15NO3. The summed E-state index contributed by atoms with van der Waals surface area (Å²) in [5.74, 6) is -0.323. The zero-order valence-corrected chi connectivity index (χ0v) is 7.49. The van der Waals surface area contributed by atoms with Gasteiger partial charge in [0.2, 0.25) is 0 Å². The fourth-order valence-electron chi connectivity index (χ4n) is 1.35. The summed E-state index contributed by atoms with van der Waals surface area (Å²) < 4.78 is 0. The highest BCUT2D eigenvalue weighted by atomic mass is 16.7. The average Bonchev–Trinajstić information content (AvgIpc) is 1.96. The minimum atomic E-state index is -0.361. The summed E-state index contributed by atoms with van der Waals surface area (Å²) >= 11 is 0. The molecule has 1 aliphatic rings. The number of hydrogen-bond donors (Lipinski definition) is 1. The number of aliphatic hydroxyl groups is 1. The lowest BCUT2D eigenvalue weighted by Crippen LogP contribution is -2.44. The van der Waals surface area contributed by atoms with Crippen LogP contribution in [0.2, 0.25) is 0 Å². The van der Waals surface area contributed by atoms with Gasteiger partial charge in [-0.15, -0.1) is 5.06 Å². The molecule has 0 amide bonds. The molecule has 4 heteroatoms. The minimum Gasteiger partial charge on any atom is -0.392 e. The first-order valence-corrected chi connectivity index (χ1v) is 4.23. The molecule has 1 fully saturated rings. The van der Waals surface area contributed by atoms with Crippen LogP contribution in [0.1, 0.15) is 26.7 Å². The van der Waals surface area contributed by atoms with Crippen molar-refractivity contribution in [1.29, 1.82) is 0 Å². The molecule has 0 bridgehead atoms. The van der Waals surface area contributed by atoms with Crippen LogP contribution in [0.4, 0.5) is 0 Å². The Labute approximate surface area is 72.1 Å². The van der Waals surface area contributed by atoms with Gasteiger partial charge < -0.3 is 9.94 Å². The number of carbonyl (C=O) groups excluding carboxylic acids is 1. The van der Waals surface area contributed by atoms with Gasteiger partial charge in [-0.05, 0) is 19.8 Å². The Morgan fingerprint density at radius 2 is 2.25 bits per heavy atom. The van der Waals surface area contributed by atoms with Crippen LogP contribution in [0.25, 0.3) is 0 Å². The third kappa shape index (κ3) is 2.46. The number of hydroxylamine groups is 2. The number of β-amino-alcohol motifs (C(OH)–C–C–N with tert-alkyl or cyclic N) is 1. The van der Waals surface area contributed by atoms with Crippen LogP contribution in [-0.2, 0) is 9.63 Å². The van der Waals surface area contributed by atoms with Crippen LogP contribution in [0.3, 0.4) is 0 Å². The Morgan fingerprint density at radius 1 is 1.58 bits per heavy atom. The second-order valence-corrected chi connectivity index (χ2v) is 3.26.